The van der Waals surface area contributed by atoms with E-state index in [2.05, 4.69) is 20.2 Å². The van der Waals surface area contributed by atoms with E-state index in [1.807, 2.05) is 47.4 Å². The van der Waals surface area contributed by atoms with Gasteiger partial charge < -0.3 is 15.1 Å². The van der Waals surface area contributed by atoms with Crippen LogP contribution in [0.5, 0.6) is 0 Å². The first-order chi connectivity index (χ1) is 13.2. The maximum atomic E-state index is 12.8. The number of aromatic nitrogens is 2. The van der Waals surface area contributed by atoms with Crippen molar-refractivity contribution >= 4 is 45.5 Å². The predicted molar refractivity (Wildman–Crippen MR) is 109 cm³/mol. The molecule has 0 aliphatic carbocycles. The number of carbonyl (C=O) groups is 1. The van der Waals surface area contributed by atoms with Crippen LogP contribution in [0.25, 0.3) is 0 Å². The number of nitrogens with one attached hydrogen (secondary N) is 1. The average Bonchev–Trinajstić information content (AvgIpc) is 3.17. The topological polar surface area (TPSA) is 61.4 Å². The van der Waals surface area contributed by atoms with Gasteiger partial charge in [0.2, 0.25) is 0 Å². The lowest BCUT2D eigenvalue weighted by Gasteiger charge is -2.36. The number of rotatable bonds is 4. The van der Waals surface area contributed by atoms with E-state index >= 15 is 0 Å². The van der Waals surface area contributed by atoms with Gasteiger partial charge in [-0.3, -0.25) is 4.79 Å². The number of anilines is 3. The van der Waals surface area contributed by atoms with Crippen LogP contribution < -0.4 is 10.2 Å². The Hall–Kier alpha value is -2.64. The first-order valence-electron chi connectivity index (χ1n) is 8.63. The van der Waals surface area contributed by atoms with Crippen LogP contribution in [0, 0.1) is 0 Å². The van der Waals surface area contributed by atoms with E-state index in [0.717, 1.165) is 23.8 Å². The first kappa shape index (κ1) is 17.8. The van der Waals surface area contributed by atoms with Crippen molar-refractivity contribution in [3.8, 4) is 0 Å². The minimum atomic E-state index is -0.0425. The van der Waals surface area contributed by atoms with Gasteiger partial charge in [-0.2, -0.15) is 0 Å². The molecule has 0 bridgehead atoms. The first-order valence-corrected chi connectivity index (χ1v) is 9.89. The molecule has 3 aromatic rings. The summed E-state index contributed by atoms with van der Waals surface area (Å²) in [6.07, 6.45) is 1.71. The number of amides is 1. The number of pyridine rings is 1. The molecule has 1 N–H and O–H groups in total. The number of para-hydroxylation sites is 1. The zero-order chi connectivity index (χ0) is 18.6. The van der Waals surface area contributed by atoms with Gasteiger partial charge in [0.25, 0.3) is 5.91 Å². The Kier molecular flexibility index (Phi) is 5.22. The molecule has 8 heteroatoms. The van der Waals surface area contributed by atoms with Crippen LogP contribution in [0.1, 0.15) is 10.5 Å². The van der Waals surface area contributed by atoms with Crippen molar-refractivity contribution < 1.29 is 4.79 Å². The molecule has 0 atom stereocenters. The Labute approximate surface area is 166 Å². The summed E-state index contributed by atoms with van der Waals surface area (Å²) in [4.78, 5) is 25.4. The van der Waals surface area contributed by atoms with E-state index in [1.54, 1.807) is 11.6 Å². The summed E-state index contributed by atoms with van der Waals surface area (Å²) in [5.41, 5.74) is 1.48. The number of nitrogens with zero attached hydrogens (tertiary/aromatic N) is 4. The fraction of sp³-hybridized carbons (Fsp3) is 0.211. The lowest BCUT2D eigenvalue weighted by Crippen LogP contribution is -2.49. The van der Waals surface area contributed by atoms with Crippen molar-refractivity contribution in [1.82, 2.24) is 14.9 Å². The zero-order valence-electron chi connectivity index (χ0n) is 14.5. The Morgan fingerprint density at radius 2 is 1.85 bits per heavy atom. The van der Waals surface area contributed by atoms with Gasteiger partial charge in [0, 0.05) is 37.8 Å². The quantitative estimate of drug-likeness (QED) is 0.721. The molecule has 1 fully saturated rings. The van der Waals surface area contributed by atoms with Gasteiger partial charge in [0.05, 0.1) is 10.7 Å². The summed E-state index contributed by atoms with van der Waals surface area (Å²) in [5.74, 6) is 0.665. The van der Waals surface area contributed by atoms with E-state index in [0.29, 0.717) is 29.7 Å². The lowest BCUT2D eigenvalue weighted by atomic mass is 10.2. The van der Waals surface area contributed by atoms with Crippen LogP contribution in [0.15, 0.2) is 54.0 Å². The zero-order valence-corrected chi connectivity index (χ0v) is 16.1. The van der Waals surface area contributed by atoms with Gasteiger partial charge in [0.1, 0.15) is 11.5 Å². The number of piperazine rings is 1. The van der Waals surface area contributed by atoms with Crippen LogP contribution in [-0.2, 0) is 0 Å². The van der Waals surface area contributed by atoms with E-state index in [1.165, 1.54) is 11.3 Å². The van der Waals surface area contributed by atoms with Gasteiger partial charge in [-0.25, -0.2) is 9.97 Å². The highest BCUT2D eigenvalue weighted by Gasteiger charge is 2.24. The lowest BCUT2D eigenvalue weighted by molar-refractivity contribution is 0.0742. The molecule has 6 nitrogen and oxygen atoms in total. The third kappa shape index (κ3) is 4.04. The van der Waals surface area contributed by atoms with Crippen molar-refractivity contribution in [2.24, 2.45) is 0 Å². The van der Waals surface area contributed by atoms with Crippen LogP contribution in [0.3, 0.4) is 0 Å². The normalized spacial score (nSPS) is 14.3. The maximum absolute atomic E-state index is 12.8. The molecule has 4 rings (SSSR count). The van der Waals surface area contributed by atoms with Gasteiger partial charge >= 0.3 is 0 Å². The fourth-order valence-electron chi connectivity index (χ4n) is 3.00. The van der Waals surface area contributed by atoms with E-state index in [-0.39, 0.29) is 5.91 Å². The maximum Gasteiger partial charge on any atom is 0.273 e. The number of benzene rings is 1. The standard InChI is InChI=1S/C19H18ClN5OS/c20-14-5-1-2-6-16(14)24-9-11-25(12-10-24)18(26)15-13-27-19(22-15)23-17-7-3-4-8-21-17/h1-8,13H,9-12H2,(H,21,22,23). The van der Waals surface area contributed by atoms with Crippen molar-refractivity contribution in [1.29, 1.82) is 0 Å². The summed E-state index contributed by atoms with van der Waals surface area (Å²) in [7, 11) is 0. The van der Waals surface area contributed by atoms with Crippen LogP contribution in [0.4, 0.5) is 16.6 Å². The van der Waals surface area contributed by atoms with E-state index in [4.69, 9.17) is 11.6 Å². The molecule has 138 valence electrons. The summed E-state index contributed by atoms with van der Waals surface area (Å²) >= 11 is 7.68. The van der Waals surface area contributed by atoms with Crippen molar-refractivity contribution in [2.45, 2.75) is 0 Å². The highest BCUT2D eigenvalue weighted by molar-refractivity contribution is 7.14. The number of thiazole rings is 1. The molecule has 1 saturated heterocycles. The molecule has 1 aliphatic heterocycles. The van der Waals surface area contributed by atoms with Crippen LogP contribution in [-0.4, -0.2) is 47.0 Å². The number of halogens is 1. The monoisotopic (exact) mass is 399 g/mol. The Bertz CT molecular complexity index is 925. The van der Waals surface area contributed by atoms with Crippen molar-refractivity contribution in [3.63, 3.8) is 0 Å². The molecule has 0 unspecified atom stereocenters. The summed E-state index contributed by atoms with van der Waals surface area (Å²) < 4.78 is 0. The average molecular weight is 400 g/mol. The third-order valence-electron chi connectivity index (χ3n) is 4.38. The van der Waals surface area contributed by atoms with Gasteiger partial charge in [-0.15, -0.1) is 11.3 Å². The minimum absolute atomic E-state index is 0.0425. The minimum Gasteiger partial charge on any atom is -0.367 e. The van der Waals surface area contributed by atoms with E-state index in [9.17, 15) is 4.79 Å². The fourth-order valence-corrected chi connectivity index (χ4v) is 3.94. The third-order valence-corrected chi connectivity index (χ3v) is 5.46. The van der Waals surface area contributed by atoms with Crippen molar-refractivity contribution in [3.05, 3.63) is 64.8 Å². The molecular formula is C19H18ClN5OS. The van der Waals surface area contributed by atoms with E-state index < -0.39 is 0 Å². The van der Waals surface area contributed by atoms with Gasteiger partial charge in [0.15, 0.2) is 5.13 Å². The number of carbonyl (C=O) groups excluding carboxylic acids is 1. The predicted octanol–water partition coefficient (Wildman–Crippen LogP) is 3.90. The van der Waals surface area contributed by atoms with Gasteiger partial charge in [-0.1, -0.05) is 29.8 Å². The van der Waals surface area contributed by atoms with Gasteiger partial charge in [-0.05, 0) is 24.3 Å². The SMILES string of the molecule is O=C(c1csc(Nc2ccccn2)n1)N1CCN(c2ccccc2Cl)CC1. The Morgan fingerprint density at radius 1 is 1.07 bits per heavy atom. The molecule has 1 aliphatic rings. The Morgan fingerprint density at radius 3 is 2.59 bits per heavy atom. The van der Waals surface area contributed by atoms with Crippen molar-refractivity contribution in [2.75, 3.05) is 36.4 Å². The molecular weight excluding hydrogens is 382 g/mol. The summed E-state index contributed by atoms with van der Waals surface area (Å²) in [6.45, 7) is 2.78. The molecule has 0 saturated carbocycles. The molecule has 3 heterocycles. The highest BCUT2D eigenvalue weighted by Crippen LogP contribution is 2.26. The molecule has 1 amide bonds. The molecule has 2 aromatic heterocycles. The second kappa shape index (κ2) is 7.94. The second-order valence-corrected chi connectivity index (χ2v) is 7.37. The number of hydrogen-bond donors (Lipinski definition) is 1. The van der Waals surface area contributed by atoms with Crippen LogP contribution in [0.2, 0.25) is 5.02 Å². The molecule has 0 radical (unpaired) electrons. The Balaban J connectivity index is 1.38. The smallest absolute Gasteiger partial charge is 0.273 e. The highest BCUT2D eigenvalue weighted by atomic mass is 35.5. The number of hydrogen-bond acceptors (Lipinski definition) is 6. The summed E-state index contributed by atoms with van der Waals surface area (Å²) in [5, 5.41) is 6.30. The summed E-state index contributed by atoms with van der Waals surface area (Å²) in [6, 6.07) is 13.4. The largest absolute Gasteiger partial charge is 0.367 e. The molecule has 1 aromatic carbocycles. The van der Waals surface area contributed by atoms with Crippen LogP contribution >= 0.6 is 22.9 Å². The molecule has 27 heavy (non-hydrogen) atoms. The second-order valence-electron chi connectivity index (χ2n) is 6.11. The molecule has 0 spiro atoms.